The molecule has 0 fully saturated rings. The van der Waals surface area contributed by atoms with Gasteiger partial charge in [0.2, 0.25) is 0 Å². The Labute approximate surface area is 161 Å². The molecule has 0 saturated carbocycles. The minimum absolute atomic E-state index is 0.0329. The number of anilines is 1. The third-order valence-corrected chi connectivity index (χ3v) is 3.64. The van der Waals surface area contributed by atoms with Crippen LogP contribution in [0.1, 0.15) is 5.56 Å². The molecule has 0 saturated heterocycles. The van der Waals surface area contributed by atoms with Crippen molar-refractivity contribution in [3.8, 4) is 11.5 Å². The Morgan fingerprint density at radius 1 is 1.14 bits per heavy atom. The van der Waals surface area contributed by atoms with Crippen molar-refractivity contribution in [2.75, 3.05) is 32.7 Å². The van der Waals surface area contributed by atoms with E-state index >= 15 is 0 Å². The van der Waals surface area contributed by atoms with Crippen LogP contribution in [-0.4, -0.2) is 44.6 Å². The first-order chi connectivity index (χ1) is 13.4. The third-order valence-electron chi connectivity index (χ3n) is 3.64. The van der Waals surface area contributed by atoms with Crippen molar-refractivity contribution < 1.29 is 32.9 Å². The van der Waals surface area contributed by atoms with E-state index < -0.39 is 23.7 Å². The van der Waals surface area contributed by atoms with Gasteiger partial charge in [0, 0.05) is 24.4 Å². The van der Waals surface area contributed by atoms with Crippen LogP contribution in [0.25, 0.3) is 6.08 Å². The number of nitrogens with one attached hydrogen (secondary N) is 1. The highest BCUT2D eigenvalue weighted by Crippen LogP contribution is 2.28. The van der Waals surface area contributed by atoms with Crippen molar-refractivity contribution >= 4 is 17.7 Å². The number of carbonyl (C=O) groups excluding carboxylic acids is 1. The monoisotopic (exact) mass is 393 g/mol. The first kappa shape index (κ1) is 21.2. The lowest BCUT2D eigenvalue weighted by atomic mass is 10.2. The SMILES string of the molecule is COC(=O)/C=C/c1ccc(OCC(O)CNc2cc(F)cc(F)c2)c(OC)c1. The van der Waals surface area contributed by atoms with E-state index in [1.165, 1.54) is 20.3 Å². The van der Waals surface area contributed by atoms with Gasteiger partial charge >= 0.3 is 5.97 Å². The van der Waals surface area contributed by atoms with E-state index in [2.05, 4.69) is 10.1 Å². The molecule has 0 radical (unpaired) electrons. The van der Waals surface area contributed by atoms with Gasteiger partial charge in [0.25, 0.3) is 0 Å². The van der Waals surface area contributed by atoms with E-state index in [0.717, 1.165) is 18.2 Å². The van der Waals surface area contributed by atoms with Crippen LogP contribution in [0, 0.1) is 11.6 Å². The van der Waals surface area contributed by atoms with Crippen molar-refractivity contribution in [3.05, 3.63) is 59.7 Å². The number of aliphatic hydroxyl groups is 1. The van der Waals surface area contributed by atoms with Crippen LogP contribution in [0.2, 0.25) is 0 Å². The summed E-state index contributed by atoms with van der Waals surface area (Å²) in [6.07, 6.45) is 1.91. The summed E-state index contributed by atoms with van der Waals surface area (Å²) in [5.41, 5.74) is 0.917. The summed E-state index contributed by atoms with van der Waals surface area (Å²) in [6, 6.07) is 8.02. The highest BCUT2D eigenvalue weighted by atomic mass is 19.1. The van der Waals surface area contributed by atoms with Gasteiger partial charge < -0.3 is 24.6 Å². The van der Waals surface area contributed by atoms with E-state index in [0.29, 0.717) is 17.1 Å². The van der Waals surface area contributed by atoms with Crippen molar-refractivity contribution in [1.82, 2.24) is 0 Å². The molecule has 0 amide bonds. The van der Waals surface area contributed by atoms with Gasteiger partial charge in [-0.25, -0.2) is 13.6 Å². The molecule has 0 aliphatic heterocycles. The quantitative estimate of drug-likeness (QED) is 0.504. The molecule has 0 aliphatic carbocycles. The van der Waals surface area contributed by atoms with Crippen LogP contribution in [0.3, 0.4) is 0 Å². The molecule has 1 atom stereocenters. The van der Waals surface area contributed by atoms with Crippen LogP contribution in [0.5, 0.6) is 11.5 Å². The molecule has 0 heterocycles. The maximum Gasteiger partial charge on any atom is 0.330 e. The lowest BCUT2D eigenvalue weighted by Gasteiger charge is -2.16. The normalized spacial score (nSPS) is 11.9. The standard InChI is InChI=1S/C20H21F2NO5/c1-26-19-7-13(4-6-20(25)27-2)3-5-18(19)28-12-17(24)11-23-16-9-14(21)8-15(22)10-16/h3-10,17,23-24H,11-12H2,1-2H3/b6-4+. The fraction of sp³-hybridized carbons (Fsp3) is 0.250. The number of benzene rings is 2. The van der Waals surface area contributed by atoms with Crippen molar-refractivity contribution in [1.29, 1.82) is 0 Å². The van der Waals surface area contributed by atoms with E-state index in [1.807, 2.05) is 0 Å². The number of hydrogen-bond acceptors (Lipinski definition) is 6. The van der Waals surface area contributed by atoms with E-state index in [-0.39, 0.29) is 18.8 Å². The number of aliphatic hydroxyl groups excluding tert-OH is 1. The predicted molar refractivity (Wildman–Crippen MR) is 100 cm³/mol. The summed E-state index contributed by atoms with van der Waals surface area (Å²) in [6.45, 7) is -0.0380. The molecule has 6 nitrogen and oxygen atoms in total. The van der Waals surface area contributed by atoms with Crippen LogP contribution in [0.4, 0.5) is 14.5 Å². The highest BCUT2D eigenvalue weighted by Gasteiger charge is 2.10. The number of rotatable bonds is 9. The number of carbonyl (C=O) groups is 1. The molecule has 2 aromatic rings. The molecule has 0 aromatic heterocycles. The molecule has 0 aliphatic rings. The van der Waals surface area contributed by atoms with Gasteiger partial charge in [-0.15, -0.1) is 0 Å². The predicted octanol–water partition coefficient (Wildman–Crippen LogP) is 3.01. The Balaban J connectivity index is 1.91. The molecule has 2 rings (SSSR count). The second-order valence-corrected chi connectivity index (χ2v) is 5.77. The van der Waals surface area contributed by atoms with Gasteiger partial charge in [-0.3, -0.25) is 0 Å². The van der Waals surface area contributed by atoms with Gasteiger partial charge in [-0.2, -0.15) is 0 Å². The summed E-state index contributed by atoms with van der Waals surface area (Å²) >= 11 is 0. The van der Waals surface area contributed by atoms with Crippen molar-refractivity contribution in [3.63, 3.8) is 0 Å². The van der Waals surface area contributed by atoms with Gasteiger partial charge in [0.15, 0.2) is 11.5 Å². The van der Waals surface area contributed by atoms with Crippen LogP contribution >= 0.6 is 0 Å². The number of esters is 1. The second kappa shape index (κ2) is 10.3. The zero-order chi connectivity index (χ0) is 20.5. The largest absolute Gasteiger partial charge is 0.493 e. The maximum atomic E-state index is 13.1. The summed E-state index contributed by atoms with van der Waals surface area (Å²) in [4.78, 5) is 11.1. The van der Waals surface area contributed by atoms with E-state index in [4.69, 9.17) is 9.47 Å². The number of ether oxygens (including phenoxy) is 3. The highest BCUT2D eigenvalue weighted by molar-refractivity contribution is 5.87. The third kappa shape index (κ3) is 6.55. The van der Waals surface area contributed by atoms with Crippen LogP contribution in [0.15, 0.2) is 42.5 Å². The van der Waals surface area contributed by atoms with Gasteiger partial charge in [0.1, 0.15) is 24.3 Å². The Bertz CT molecular complexity index is 821. The summed E-state index contributed by atoms with van der Waals surface area (Å²) in [5, 5.41) is 12.8. The molecular weight excluding hydrogens is 372 g/mol. The molecule has 8 heteroatoms. The van der Waals surface area contributed by atoms with Crippen molar-refractivity contribution in [2.45, 2.75) is 6.10 Å². The number of methoxy groups -OCH3 is 2. The molecule has 1 unspecified atom stereocenters. The lowest BCUT2D eigenvalue weighted by Crippen LogP contribution is -2.26. The summed E-state index contributed by atoms with van der Waals surface area (Å²) < 4.78 is 41.6. The Hall–Kier alpha value is -3.13. The van der Waals surface area contributed by atoms with E-state index in [9.17, 15) is 18.7 Å². The van der Waals surface area contributed by atoms with Crippen LogP contribution in [-0.2, 0) is 9.53 Å². The summed E-state index contributed by atoms with van der Waals surface area (Å²) in [5.74, 6) is -1.08. The number of hydrogen-bond donors (Lipinski definition) is 2. The van der Waals surface area contributed by atoms with Crippen molar-refractivity contribution in [2.24, 2.45) is 0 Å². The molecular formula is C20H21F2NO5. The Morgan fingerprint density at radius 3 is 2.50 bits per heavy atom. The van der Waals surface area contributed by atoms with E-state index in [1.54, 1.807) is 24.3 Å². The first-order valence-corrected chi connectivity index (χ1v) is 8.36. The smallest absolute Gasteiger partial charge is 0.330 e. The Morgan fingerprint density at radius 2 is 1.86 bits per heavy atom. The molecule has 150 valence electrons. The zero-order valence-corrected chi connectivity index (χ0v) is 15.4. The van der Waals surface area contributed by atoms with Gasteiger partial charge in [-0.05, 0) is 35.9 Å². The second-order valence-electron chi connectivity index (χ2n) is 5.77. The zero-order valence-electron chi connectivity index (χ0n) is 15.4. The molecule has 0 spiro atoms. The Kier molecular flexibility index (Phi) is 7.76. The molecule has 0 bridgehead atoms. The fourth-order valence-electron chi connectivity index (χ4n) is 2.28. The minimum atomic E-state index is -0.935. The average molecular weight is 393 g/mol. The molecule has 2 aromatic carbocycles. The minimum Gasteiger partial charge on any atom is -0.493 e. The molecule has 28 heavy (non-hydrogen) atoms. The lowest BCUT2D eigenvalue weighted by molar-refractivity contribution is -0.134. The number of halogens is 2. The van der Waals surface area contributed by atoms with Gasteiger partial charge in [0.05, 0.1) is 14.2 Å². The fourth-order valence-corrected chi connectivity index (χ4v) is 2.28. The van der Waals surface area contributed by atoms with Crippen LogP contribution < -0.4 is 14.8 Å². The average Bonchev–Trinajstić information content (AvgIpc) is 2.68. The first-order valence-electron chi connectivity index (χ1n) is 8.36. The van der Waals surface area contributed by atoms with Gasteiger partial charge in [-0.1, -0.05) is 6.07 Å². The maximum absolute atomic E-state index is 13.1. The molecule has 2 N–H and O–H groups in total. The summed E-state index contributed by atoms with van der Waals surface area (Å²) in [7, 11) is 2.75. The topological polar surface area (TPSA) is 77.0 Å².